The number of rotatable bonds is 4. The van der Waals surface area contributed by atoms with Crippen molar-refractivity contribution in [3.8, 4) is 0 Å². The quantitative estimate of drug-likeness (QED) is 0.869. The molecule has 0 saturated heterocycles. The molecule has 0 heterocycles. The average molecular weight is 303 g/mol. The Bertz CT molecular complexity index is 640. The highest BCUT2D eigenvalue weighted by molar-refractivity contribution is 6.30. The van der Waals surface area contributed by atoms with Crippen LogP contribution in [0.25, 0.3) is 0 Å². The molecular weight excluding hydrogens is 284 g/mol. The summed E-state index contributed by atoms with van der Waals surface area (Å²) in [5, 5.41) is 0.563. The Hall–Kier alpha value is -2.00. The number of nitrogens with zero attached hydrogens (tertiary/aromatic N) is 1. The Morgan fingerprint density at radius 1 is 1.19 bits per heavy atom. The maximum atomic E-state index is 12.7. The maximum Gasteiger partial charge on any atom is 0.254 e. The van der Waals surface area contributed by atoms with Crippen molar-refractivity contribution in [2.45, 2.75) is 26.4 Å². The topological polar surface area (TPSA) is 46.3 Å². The van der Waals surface area contributed by atoms with Crippen LogP contribution in [-0.2, 0) is 6.54 Å². The first-order valence-electron chi connectivity index (χ1n) is 6.88. The molecule has 2 rings (SSSR count). The van der Waals surface area contributed by atoms with Crippen LogP contribution in [0.2, 0.25) is 5.02 Å². The minimum Gasteiger partial charge on any atom is -0.399 e. The molecule has 0 atom stereocenters. The van der Waals surface area contributed by atoms with Crippen LogP contribution in [0.1, 0.15) is 29.8 Å². The number of carbonyl (C=O) groups excluding carboxylic acids is 1. The number of nitrogen functional groups attached to an aromatic ring is 1. The lowest BCUT2D eigenvalue weighted by atomic mass is 10.1. The average Bonchev–Trinajstić information content (AvgIpc) is 2.44. The zero-order valence-electron chi connectivity index (χ0n) is 12.2. The molecule has 0 unspecified atom stereocenters. The summed E-state index contributed by atoms with van der Waals surface area (Å²) in [5.41, 5.74) is 8.11. The minimum absolute atomic E-state index is 0.0325. The van der Waals surface area contributed by atoms with Gasteiger partial charge in [-0.2, -0.15) is 0 Å². The van der Waals surface area contributed by atoms with Gasteiger partial charge in [-0.25, -0.2) is 0 Å². The predicted molar refractivity (Wildman–Crippen MR) is 87.3 cm³/mol. The van der Waals surface area contributed by atoms with Gasteiger partial charge in [-0.3, -0.25) is 4.79 Å². The lowest BCUT2D eigenvalue weighted by molar-refractivity contribution is 0.0690. The first-order valence-corrected chi connectivity index (χ1v) is 7.26. The molecule has 0 aliphatic carbocycles. The van der Waals surface area contributed by atoms with Crippen molar-refractivity contribution in [2.75, 3.05) is 5.73 Å². The molecule has 0 bridgehead atoms. The van der Waals surface area contributed by atoms with Crippen LogP contribution >= 0.6 is 11.6 Å². The van der Waals surface area contributed by atoms with Crippen LogP contribution in [0.15, 0.2) is 48.5 Å². The monoisotopic (exact) mass is 302 g/mol. The van der Waals surface area contributed by atoms with E-state index < -0.39 is 0 Å². The van der Waals surface area contributed by atoms with E-state index in [-0.39, 0.29) is 11.9 Å². The van der Waals surface area contributed by atoms with Gasteiger partial charge in [-0.15, -0.1) is 0 Å². The molecular formula is C17H19ClN2O. The summed E-state index contributed by atoms with van der Waals surface area (Å²) in [4.78, 5) is 14.5. The van der Waals surface area contributed by atoms with Crippen LogP contribution < -0.4 is 5.73 Å². The van der Waals surface area contributed by atoms with Crippen LogP contribution in [0.5, 0.6) is 0 Å². The maximum absolute atomic E-state index is 12.7. The van der Waals surface area contributed by atoms with E-state index in [1.165, 1.54) is 0 Å². The highest BCUT2D eigenvalue weighted by Gasteiger charge is 2.19. The Morgan fingerprint density at radius 2 is 1.90 bits per heavy atom. The summed E-state index contributed by atoms with van der Waals surface area (Å²) in [6.07, 6.45) is 0. The molecule has 2 N–H and O–H groups in total. The van der Waals surface area contributed by atoms with E-state index in [0.29, 0.717) is 22.8 Å². The third-order valence-electron chi connectivity index (χ3n) is 3.26. The van der Waals surface area contributed by atoms with Crippen LogP contribution in [0.4, 0.5) is 5.69 Å². The number of nitrogens with two attached hydrogens (primary N) is 1. The highest BCUT2D eigenvalue weighted by Crippen LogP contribution is 2.17. The molecule has 4 heteroatoms. The third kappa shape index (κ3) is 3.99. The number of amides is 1. The van der Waals surface area contributed by atoms with Crippen molar-refractivity contribution in [3.05, 3.63) is 64.7 Å². The number of benzene rings is 2. The van der Waals surface area contributed by atoms with Gasteiger partial charge in [0, 0.05) is 28.9 Å². The molecule has 0 fully saturated rings. The second-order valence-corrected chi connectivity index (χ2v) is 5.72. The zero-order valence-corrected chi connectivity index (χ0v) is 13.0. The van der Waals surface area contributed by atoms with Gasteiger partial charge in [0.25, 0.3) is 5.91 Å². The highest BCUT2D eigenvalue weighted by atomic mass is 35.5. The number of halogens is 1. The smallest absolute Gasteiger partial charge is 0.254 e. The van der Waals surface area contributed by atoms with E-state index in [2.05, 4.69) is 0 Å². The van der Waals surface area contributed by atoms with Gasteiger partial charge in [-0.05, 0) is 49.7 Å². The fraction of sp³-hybridized carbons (Fsp3) is 0.235. The third-order valence-corrected chi connectivity index (χ3v) is 3.49. The first-order chi connectivity index (χ1) is 9.97. The molecule has 1 amide bonds. The van der Waals surface area contributed by atoms with Gasteiger partial charge >= 0.3 is 0 Å². The fourth-order valence-corrected chi connectivity index (χ4v) is 2.35. The summed E-state index contributed by atoms with van der Waals surface area (Å²) >= 11 is 5.97. The molecule has 21 heavy (non-hydrogen) atoms. The standard InChI is InChI=1S/C17H19ClN2O/c1-12(2)20(11-13-5-3-8-16(19)9-13)17(21)14-6-4-7-15(18)10-14/h3-10,12H,11,19H2,1-2H3. The lowest BCUT2D eigenvalue weighted by Crippen LogP contribution is -2.36. The van der Waals surface area contributed by atoms with Crippen LogP contribution in [0, 0.1) is 0 Å². The Morgan fingerprint density at radius 3 is 2.52 bits per heavy atom. The Labute approximate surface area is 130 Å². The number of hydrogen-bond donors (Lipinski definition) is 1. The molecule has 0 saturated carbocycles. The fourth-order valence-electron chi connectivity index (χ4n) is 2.16. The number of carbonyl (C=O) groups is 1. The van der Waals surface area contributed by atoms with E-state index in [1.54, 1.807) is 29.2 Å². The molecule has 2 aromatic carbocycles. The van der Waals surface area contributed by atoms with E-state index >= 15 is 0 Å². The van der Waals surface area contributed by atoms with Crippen molar-refractivity contribution in [3.63, 3.8) is 0 Å². The van der Waals surface area contributed by atoms with E-state index in [9.17, 15) is 4.79 Å². The lowest BCUT2D eigenvalue weighted by Gasteiger charge is -2.27. The summed E-state index contributed by atoms with van der Waals surface area (Å²) in [6.45, 7) is 4.51. The van der Waals surface area contributed by atoms with E-state index in [0.717, 1.165) is 5.56 Å². The minimum atomic E-state index is -0.0325. The molecule has 0 aliphatic heterocycles. The van der Waals surface area contributed by atoms with Crippen molar-refractivity contribution in [2.24, 2.45) is 0 Å². The van der Waals surface area contributed by atoms with E-state index in [4.69, 9.17) is 17.3 Å². The predicted octanol–water partition coefficient (Wildman–Crippen LogP) is 3.97. The van der Waals surface area contributed by atoms with Crippen molar-refractivity contribution in [1.82, 2.24) is 4.90 Å². The van der Waals surface area contributed by atoms with Crippen LogP contribution in [0.3, 0.4) is 0 Å². The van der Waals surface area contributed by atoms with E-state index in [1.807, 2.05) is 38.1 Å². The molecule has 0 aromatic heterocycles. The Balaban J connectivity index is 2.25. The van der Waals surface area contributed by atoms with Gasteiger partial charge in [0.05, 0.1) is 0 Å². The first kappa shape index (κ1) is 15.4. The van der Waals surface area contributed by atoms with Gasteiger partial charge in [0.2, 0.25) is 0 Å². The molecule has 0 aliphatic rings. The normalized spacial score (nSPS) is 10.7. The molecule has 0 radical (unpaired) electrons. The second kappa shape index (κ2) is 6.64. The largest absolute Gasteiger partial charge is 0.399 e. The summed E-state index contributed by atoms with van der Waals surface area (Å²) in [6, 6.07) is 14.7. The van der Waals surface area contributed by atoms with Crippen LogP contribution in [-0.4, -0.2) is 16.8 Å². The van der Waals surface area contributed by atoms with Crippen molar-refractivity contribution < 1.29 is 4.79 Å². The molecule has 110 valence electrons. The number of hydrogen-bond acceptors (Lipinski definition) is 2. The summed E-state index contributed by atoms with van der Waals surface area (Å²) in [5.74, 6) is -0.0325. The van der Waals surface area contributed by atoms with Crippen molar-refractivity contribution >= 4 is 23.2 Å². The van der Waals surface area contributed by atoms with Gasteiger partial charge in [0.15, 0.2) is 0 Å². The van der Waals surface area contributed by atoms with Gasteiger partial charge in [-0.1, -0.05) is 29.8 Å². The van der Waals surface area contributed by atoms with Crippen molar-refractivity contribution in [1.29, 1.82) is 0 Å². The Kier molecular flexibility index (Phi) is 4.86. The zero-order chi connectivity index (χ0) is 15.4. The second-order valence-electron chi connectivity index (χ2n) is 5.28. The molecule has 3 nitrogen and oxygen atoms in total. The molecule has 2 aromatic rings. The van der Waals surface area contributed by atoms with Gasteiger partial charge < -0.3 is 10.6 Å². The molecule has 0 spiro atoms. The summed E-state index contributed by atoms with van der Waals surface area (Å²) < 4.78 is 0. The SMILES string of the molecule is CC(C)N(Cc1cccc(N)c1)C(=O)c1cccc(Cl)c1. The summed E-state index contributed by atoms with van der Waals surface area (Å²) in [7, 11) is 0. The van der Waals surface area contributed by atoms with Gasteiger partial charge in [0.1, 0.15) is 0 Å². The number of anilines is 1.